The summed E-state index contributed by atoms with van der Waals surface area (Å²) in [4.78, 5) is 0. The SMILES string of the molecule is COc1ccc(OC)c(CCNCCNC23CC4CC(CC2C4)C3)c1. The Bertz CT molecular complexity index is 590. The number of hydrogen-bond acceptors (Lipinski definition) is 4. The van der Waals surface area contributed by atoms with Crippen molar-refractivity contribution in [3.05, 3.63) is 23.8 Å². The molecule has 4 heteroatoms. The highest BCUT2D eigenvalue weighted by Gasteiger charge is 2.57. The van der Waals surface area contributed by atoms with Gasteiger partial charge in [-0.15, -0.1) is 0 Å². The van der Waals surface area contributed by atoms with Crippen molar-refractivity contribution in [3.8, 4) is 11.5 Å². The van der Waals surface area contributed by atoms with Gasteiger partial charge in [-0.2, -0.15) is 0 Å². The van der Waals surface area contributed by atoms with E-state index in [-0.39, 0.29) is 0 Å². The van der Waals surface area contributed by atoms with Gasteiger partial charge in [0.15, 0.2) is 0 Å². The molecular formula is C21H32N2O2. The number of rotatable bonds is 9. The molecule has 1 aromatic rings. The summed E-state index contributed by atoms with van der Waals surface area (Å²) in [7, 11) is 3.43. The maximum absolute atomic E-state index is 5.46. The number of benzene rings is 1. The standard InChI is InChI=1S/C21H32N2O2/c1-24-19-3-4-20(25-2)17(12-19)5-6-22-7-8-23-21-13-15-9-16(14-21)11-18(21)10-15/h3-4,12,15-16,18,22-23H,5-11,13-14H2,1-2H3. The summed E-state index contributed by atoms with van der Waals surface area (Å²) in [6.07, 6.45) is 8.34. The Kier molecular flexibility index (Phi) is 4.92. The quantitative estimate of drug-likeness (QED) is 0.676. The van der Waals surface area contributed by atoms with Gasteiger partial charge in [-0.05, 0) is 86.6 Å². The zero-order valence-electron chi connectivity index (χ0n) is 15.6. The van der Waals surface area contributed by atoms with E-state index in [4.69, 9.17) is 9.47 Å². The second-order valence-corrected chi connectivity index (χ2v) is 8.31. The summed E-state index contributed by atoms with van der Waals surface area (Å²) in [5, 5.41) is 7.54. The van der Waals surface area contributed by atoms with Gasteiger partial charge in [-0.3, -0.25) is 0 Å². The molecule has 1 aromatic carbocycles. The van der Waals surface area contributed by atoms with E-state index in [1.54, 1.807) is 14.2 Å². The van der Waals surface area contributed by atoms with Crippen LogP contribution in [0.25, 0.3) is 0 Å². The van der Waals surface area contributed by atoms with Gasteiger partial charge < -0.3 is 20.1 Å². The molecule has 2 atom stereocenters. The van der Waals surface area contributed by atoms with E-state index >= 15 is 0 Å². The van der Waals surface area contributed by atoms with E-state index in [9.17, 15) is 0 Å². The fourth-order valence-corrected chi connectivity index (χ4v) is 5.91. The number of ether oxygens (including phenoxy) is 2. The lowest BCUT2D eigenvalue weighted by Crippen LogP contribution is -2.48. The summed E-state index contributed by atoms with van der Waals surface area (Å²) in [5.41, 5.74) is 1.71. The van der Waals surface area contributed by atoms with Crippen molar-refractivity contribution in [2.24, 2.45) is 17.8 Å². The predicted molar refractivity (Wildman–Crippen MR) is 100 cm³/mol. The maximum atomic E-state index is 5.46. The minimum atomic E-state index is 0.505. The van der Waals surface area contributed by atoms with E-state index in [0.717, 1.165) is 55.3 Å². The number of methoxy groups -OCH3 is 2. The Morgan fingerprint density at radius 1 is 1.00 bits per heavy atom. The average Bonchev–Trinajstić information content (AvgIpc) is 3.01. The molecule has 4 saturated carbocycles. The van der Waals surface area contributed by atoms with Crippen LogP contribution < -0.4 is 20.1 Å². The molecule has 0 spiro atoms. The third kappa shape index (κ3) is 3.39. The van der Waals surface area contributed by atoms with E-state index < -0.39 is 0 Å². The first-order valence-electron chi connectivity index (χ1n) is 9.89. The third-order valence-electron chi connectivity index (χ3n) is 6.83. The highest BCUT2D eigenvalue weighted by atomic mass is 16.5. The lowest BCUT2D eigenvalue weighted by molar-refractivity contribution is 0.235. The summed E-state index contributed by atoms with van der Waals surface area (Å²) < 4.78 is 10.8. The number of hydrogen-bond donors (Lipinski definition) is 2. The molecule has 2 unspecified atom stereocenters. The monoisotopic (exact) mass is 344 g/mol. The van der Waals surface area contributed by atoms with Gasteiger partial charge in [0.25, 0.3) is 0 Å². The molecule has 4 aliphatic carbocycles. The van der Waals surface area contributed by atoms with Gasteiger partial charge in [0, 0.05) is 18.6 Å². The Labute approximate surface area is 151 Å². The molecule has 0 saturated heterocycles. The molecule has 4 aliphatic rings. The van der Waals surface area contributed by atoms with Crippen LogP contribution >= 0.6 is 0 Å². The van der Waals surface area contributed by atoms with Crippen LogP contribution in [-0.4, -0.2) is 39.4 Å². The normalized spacial score (nSPS) is 32.3. The molecule has 0 amide bonds. The van der Waals surface area contributed by atoms with E-state index in [0.29, 0.717) is 5.54 Å². The summed E-state index contributed by atoms with van der Waals surface area (Å²) in [6, 6.07) is 6.01. The van der Waals surface area contributed by atoms with Gasteiger partial charge in [-0.25, -0.2) is 0 Å². The molecule has 25 heavy (non-hydrogen) atoms. The highest BCUT2D eigenvalue weighted by molar-refractivity contribution is 5.40. The smallest absolute Gasteiger partial charge is 0.122 e. The van der Waals surface area contributed by atoms with Gasteiger partial charge in [0.1, 0.15) is 11.5 Å². The van der Waals surface area contributed by atoms with Crippen LogP contribution in [0.3, 0.4) is 0 Å². The number of nitrogens with one attached hydrogen (secondary N) is 2. The van der Waals surface area contributed by atoms with Gasteiger partial charge >= 0.3 is 0 Å². The Morgan fingerprint density at radius 3 is 2.52 bits per heavy atom. The van der Waals surface area contributed by atoms with Gasteiger partial charge in [0.05, 0.1) is 14.2 Å². The first-order chi connectivity index (χ1) is 12.2. The molecule has 138 valence electrons. The van der Waals surface area contributed by atoms with Crippen molar-refractivity contribution in [1.29, 1.82) is 0 Å². The Hall–Kier alpha value is -1.26. The fraction of sp³-hybridized carbons (Fsp3) is 0.714. The van der Waals surface area contributed by atoms with E-state index in [1.807, 2.05) is 12.1 Å². The molecule has 4 fully saturated rings. The second kappa shape index (κ2) is 7.16. The zero-order valence-corrected chi connectivity index (χ0v) is 15.6. The lowest BCUT2D eigenvalue weighted by Gasteiger charge is -2.34. The largest absolute Gasteiger partial charge is 0.497 e. The molecule has 4 bridgehead atoms. The minimum Gasteiger partial charge on any atom is -0.497 e. The van der Waals surface area contributed by atoms with E-state index in [1.165, 1.54) is 37.7 Å². The Balaban J connectivity index is 1.20. The third-order valence-corrected chi connectivity index (χ3v) is 6.83. The minimum absolute atomic E-state index is 0.505. The van der Waals surface area contributed by atoms with Crippen molar-refractivity contribution < 1.29 is 9.47 Å². The highest BCUT2D eigenvalue weighted by Crippen LogP contribution is 2.60. The first kappa shape index (κ1) is 17.2. The summed E-state index contributed by atoms with van der Waals surface area (Å²) in [6.45, 7) is 3.09. The first-order valence-corrected chi connectivity index (χ1v) is 9.89. The molecule has 0 aromatic heterocycles. The summed E-state index contributed by atoms with van der Waals surface area (Å²) in [5.74, 6) is 4.86. The molecule has 0 aliphatic heterocycles. The summed E-state index contributed by atoms with van der Waals surface area (Å²) >= 11 is 0. The van der Waals surface area contributed by atoms with Crippen LogP contribution in [0.5, 0.6) is 11.5 Å². The predicted octanol–water partition coefficient (Wildman–Crippen LogP) is 3.00. The van der Waals surface area contributed by atoms with Gasteiger partial charge in [0.2, 0.25) is 0 Å². The molecule has 5 rings (SSSR count). The molecule has 0 radical (unpaired) electrons. The average molecular weight is 344 g/mol. The van der Waals surface area contributed by atoms with Crippen molar-refractivity contribution in [1.82, 2.24) is 10.6 Å². The second-order valence-electron chi connectivity index (χ2n) is 8.31. The van der Waals surface area contributed by atoms with Crippen LogP contribution in [0, 0.1) is 17.8 Å². The molecule has 4 nitrogen and oxygen atoms in total. The van der Waals surface area contributed by atoms with Crippen molar-refractivity contribution in [2.45, 2.75) is 44.1 Å². The van der Waals surface area contributed by atoms with Crippen molar-refractivity contribution in [2.75, 3.05) is 33.9 Å². The lowest BCUT2D eigenvalue weighted by atomic mass is 9.80. The topological polar surface area (TPSA) is 42.5 Å². The molecular weight excluding hydrogens is 312 g/mol. The zero-order chi connectivity index (χ0) is 17.3. The van der Waals surface area contributed by atoms with E-state index in [2.05, 4.69) is 16.7 Å². The van der Waals surface area contributed by atoms with Crippen molar-refractivity contribution >= 4 is 0 Å². The Morgan fingerprint density at radius 2 is 1.80 bits per heavy atom. The molecule has 0 heterocycles. The van der Waals surface area contributed by atoms with Crippen LogP contribution in [0.4, 0.5) is 0 Å². The van der Waals surface area contributed by atoms with Gasteiger partial charge in [-0.1, -0.05) is 0 Å². The fourth-order valence-electron chi connectivity index (χ4n) is 5.91. The van der Waals surface area contributed by atoms with Crippen molar-refractivity contribution in [3.63, 3.8) is 0 Å². The van der Waals surface area contributed by atoms with Crippen LogP contribution in [0.1, 0.15) is 37.7 Å². The van der Waals surface area contributed by atoms with Crippen LogP contribution in [0.2, 0.25) is 0 Å². The van der Waals surface area contributed by atoms with Crippen LogP contribution in [0.15, 0.2) is 18.2 Å². The molecule has 2 N–H and O–H groups in total. The van der Waals surface area contributed by atoms with Crippen LogP contribution in [-0.2, 0) is 6.42 Å². The maximum Gasteiger partial charge on any atom is 0.122 e.